The molecule has 0 radical (unpaired) electrons. The highest BCUT2D eigenvalue weighted by Gasteiger charge is 2.30. The molecule has 5 rings (SSSR count). The summed E-state index contributed by atoms with van der Waals surface area (Å²) in [5.74, 6) is 0. The molecule has 1 heteroatoms. The van der Waals surface area contributed by atoms with Crippen LogP contribution in [-0.2, 0) is 22.7 Å². The van der Waals surface area contributed by atoms with E-state index in [0.717, 1.165) is 6.42 Å². The summed E-state index contributed by atoms with van der Waals surface area (Å²) in [4.78, 5) is 3.66. The van der Waals surface area contributed by atoms with Gasteiger partial charge in [0.05, 0.1) is 0 Å². The van der Waals surface area contributed by atoms with Crippen molar-refractivity contribution in [2.75, 3.05) is 0 Å². The van der Waals surface area contributed by atoms with E-state index in [-0.39, 0.29) is 16.2 Å². The number of benzene rings is 3. The lowest BCUT2D eigenvalue weighted by molar-refractivity contribution is 0.577. The Morgan fingerprint density at radius 3 is 1.85 bits per heavy atom. The van der Waals surface area contributed by atoms with E-state index in [1.165, 1.54) is 50.0 Å². The van der Waals surface area contributed by atoms with Gasteiger partial charge in [0.1, 0.15) is 0 Å². The first-order valence-corrected chi connectivity index (χ1v) is 12.5. The lowest BCUT2D eigenvalue weighted by Crippen LogP contribution is -2.25. The summed E-state index contributed by atoms with van der Waals surface area (Å²) in [6, 6.07) is 25.2. The van der Waals surface area contributed by atoms with Crippen molar-refractivity contribution in [3.63, 3.8) is 0 Å². The van der Waals surface area contributed by atoms with Crippen LogP contribution in [0.1, 0.15) is 76.4 Å². The zero-order valence-electron chi connectivity index (χ0n) is 21.7. The van der Waals surface area contributed by atoms with Gasteiger partial charge >= 0.3 is 0 Å². The number of aromatic amines is 1. The van der Waals surface area contributed by atoms with E-state index in [1.54, 1.807) is 0 Å². The fraction of sp³-hybridized carbons (Fsp3) is 0.333. The van der Waals surface area contributed by atoms with Crippen molar-refractivity contribution in [2.24, 2.45) is 0 Å². The minimum Gasteiger partial charge on any atom is -0.355 e. The third kappa shape index (κ3) is 4.02. The summed E-state index contributed by atoms with van der Waals surface area (Å²) < 4.78 is 0. The number of hydrogen-bond donors (Lipinski definition) is 1. The Kier molecular flexibility index (Phi) is 5.17. The zero-order chi connectivity index (χ0) is 24.3. The third-order valence-corrected chi connectivity index (χ3v) is 7.60. The van der Waals surface area contributed by atoms with Crippen molar-refractivity contribution >= 4 is 17.0 Å². The highest BCUT2D eigenvalue weighted by Crippen LogP contribution is 2.40. The number of allylic oxidation sites excluding steroid dienone is 1. The largest absolute Gasteiger partial charge is 0.355 e. The lowest BCUT2D eigenvalue weighted by atomic mass is 9.73. The van der Waals surface area contributed by atoms with Gasteiger partial charge in [0.25, 0.3) is 0 Å². The van der Waals surface area contributed by atoms with Gasteiger partial charge in [-0.3, -0.25) is 0 Å². The van der Waals surface area contributed by atoms with E-state index in [2.05, 4.69) is 132 Å². The van der Waals surface area contributed by atoms with Crippen molar-refractivity contribution in [3.05, 3.63) is 101 Å². The standard InChI is InChI=1S/C33H37N/c1-31(2,3)24-11-8-22(9-12-24)23-10-17-29-27(20-23)28-21-33(7,19-18-30(28)34-29)26-15-13-25(14-16-26)32(4,5)6/h8-20,34H,21H2,1-7H3. The summed E-state index contributed by atoms with van der Waals surface area (Å²) in [6.45, 7) is 16.0. The van der Waals surface area contributed by atoms with E-state index >= 15 is 0 Å². The van der Waals surface area contributed by atoms with Gasteiger partial charge in [0.2, 0.25) is 0 Å². The Morgan fingerprint density at radius 1 is 0.706 bits per heavy atom. The fourth-order valence-electron chi connectivity index (χ4n) is 5.19. The van der Waals surface area contributed by atoms with Crippen molar-refractivity contribution in [2.45, 2.75) is 71.1 Å². The average Bonchev–Trinajstić information content (AvgIpc) is 3.15. The first-order valence-electron chi connectivity index (χ1n) is 12.5. The van der Waals surface area contributed by atoms with Crippen molar-refractivity contribution < 1.29 is 0 Å². The Bertz CT molecular complexity index is 1370. The minimum atomic E-state index is -0.0110. The van der Waals surface area contributed by atoms with Crippen LogP contribution in [0.4, 0.5) is 0 Å². The first-order chi connectivity index (χ1) is 15.9. The summed E-state index contributed by atoms with van der Waals surface area (Å²) in [6.07, 6.45) is 5.66. The van der Waals surface area contributed by atoms with Crippen LogP contribution in [0, 0.1) is 0 Å². The second-order valence-corrected chi connectivity index (χ2v) is 12.4. The predicted molar refractivity (Wildman–Crippen MR) is 148 cm³/mol. The van der Waals surface area contributed by atoms with Crippen molar-refractivity contribution in [1.82, 2.24) is 4.98 Å². The van der Waals surface area contributed by atoms with E-state index in [9.17, 15) is 0 Å². The molecule has 1 unspecified atom stereocenters. The quantitative estimate of drug-likeness (QED) is 0.315. The van der Waals surface area contributed by atoms with Crippen LogP contribution in [0.3, 0.4) is 0 Å². The van der Waals surface area contributed by atoms with Crippen molar-refractivity contribution in [3.8, 4) is 11.1 Å². The van der Waals surface area contributed by atoms with Crippen LogP contribution in [0.2, 0.25) is 0 Å². The molecule has 1 aliphatic rings. The molecule has 1 aromatic heterocycles. The van der Waals surface area contributed by atoms with Crippen LogP contribution >= 0.6 is 0 Å². The van der Waals surface area contributed by atoms with E-state index in [1.807, 2.05) is 0 Å². The summed E-state index contributed by atoms with van der Waals surface area (Å²) >= 11 is 0. The number of hydrogen-bond acceptors (Lipinski definition) is 0. The Hall–Kier alpha value is -3.06. The molecular weight excluding hydrogens is 410 g/mol. The minimum absolute atomic E-state index is 0.0110. The second kappa shape index (κ2) is 7.73. The van der Waals surface area contributed by atoms with Gasteiger partial charge in [0, 0.05) is 22.0 Å². The number of nitrogens with one attached hydrogen (secondary N) is 1. The number of rotatable bonds is 2. The Balaban J connectivity index is 1.51. The molecule has 1 heterocycles. The van der Waals surface area contributed by atoms with Gasteiger partial charge in [0.15, 0.2) is 0 Å². The van der Waals surface area contributed by atoms with E-state index in [0.29, 0.717) is 0 Å². The molecule has 4 aromatic rings. The van der Waals surface area contributed by atoms with Crippen LogP contribution in [0.5, 0.6) is 0 Å². The maximum absolute atomic E-state index is 3.66. The van der Waals surface area contributed by atoms with E-state index in [4.69, 9.17) is 0 Å². The lowest BCUT2D eigenvalue weighted by Gasteiger charge is -2.31. The van der Waals surface area contributed by atoms with Crippen LogP contribution in [0.15, 0.2) is 72.8 Å². The Morgan fingerprint density at radius 2 is 1.26 bits per heavy atom. The molecule has 0 saturated heterocycles. The molecule has 1 N–H and O–H groups in total. The van der Waals surface area contributed by atoms with E-state index < -0.39 is 0 Å². The predicted octanol–water partition coefficient (Wildman–Crippen LogP) is 8.96. The van der Waals surface area contributed by atoms with Gasteiger partial charge in [-0.25, -0.2) is 0 Å². The molecular formula is C33H37N. The molecule has 1 nitrogen and oxygen atoms in total. The molecule has 0 aliphatic heterocycles. The summed E-state index contributed by atoms with van der Waals surface area (Å²) in [5, 5.41) is 1.34. The van der Waals surface area contributed by atoms with Crippen LogP contribution < -0.4 is 0 Å². The fourth-order valence-corrected chi connectivity index (χ4v) is 5.19. The molecule has 1 aliphatic carbocycles. The molecule has 3 aromatic carbocycles. The Labute approximate surface area is 204 Å². The van der Waals surface area contributed by atoms with Crippen LogP contribution in [-0.4, -0.2) is 4.98 Å². The zero-order valence-corrected chi connectivity index (χ0v) is 21.7. The monoisotopic (exact) mass is 447 g/mol. The normalized spacial score (nSPS) is 18.3. The third-order valence-electron chi connectivity index (χ3n) is 7.60. The molecule has 0 saturated carbocycles. The summed E-state index contributed by atoms with van der Waals surface area (Å²) in [7, 11) is 0. The SMILES string of the molecule is CC(C)(C)c1ccc(-c2ccc3[nH]c4c(c3c2)CC(C)(c2ccc(C(C)(C)C)cc2)C=C4)cc1. The number of aromatic nitrogens is 1. The highest BCUT2D eigenvalue weighted by molar-refractivity contribution is 5.92. The maximum atomic E-state index is 3.66. The van der Waals surface area contributed by atoms with Gasteiger partial charge in [-0.1, -0.05) is 109 Å². The molecule has 0 spiro atoms. The summed E-state index contributed by atoms with van der Waals surface area (Å²) in [5.41, 5.74) is 10.9. The average molecular weight is 448 g/mol. The van der Waals surface area contributed by atoms with Gasteiger partial charge in [-0.2, -0.15) is 0 Å². The van der Waals surface area contributed by atoms with Gasteiger partial charge < -0.3 is 4.98 Å². The molecule has 0 bridgehead atoms. The molecule has 174 valence electrons. The smallest absolute Gasteiger partial charge is 0.0461 e. The molecule has 0 fully saturated rings. The number of fused-ring (bicyclic) bond motifs is 3. The molecule has 34 heavy (non-hydrogen) atoms. The second-order valence-electron chi connectivity index (χ2n) is 12.4. The first kappa shape index (κ1) is 22.7. The number of H-pyrrole nitrogens is 1. The van der Waals surface area contributed by atoms with Gasteiger partial charge in [-0.15, -0.1) is 0 Å². The van der Waals surface area contributed by atoms with Crippen molar-refractivity contribution in [1.29, 1.82) is 0 Å². The molecule has 1 atom stereocenters. The highest BCUT2D eigenvalue weighted by atomic mass is 14.7. The van der Waals surface area contributed by atoms with Gasteiger partial charge in [-0.05, 0) is 68.8 Å². The van der Waals surface area contributed by atoms with Crippen LogP contribution in [0.25, 0.3) is 28.1 Å². The topological polar surface area (TPSA) is 15.8 Å². The maximum Gasteiger partial charge on any atom is 0.0461 e. The molecule has 0 amide bonds.